The van der Waals surface area contributed by atoms with Gasteiger partial charge in [-0.15, -0.1) is 0 Å². The number of carboxylic acids is 1. The molecule has 0 aliphatic rings. The van der Waals surface area contributed by atoms with Gasteiger partial charge in [-0.3, -0.25) is 4.68 Å². The van der Waals surface area contributed by atoms with Crippen molar-refractivity contribution in [2.24, 2.45) is 0 Å². The number of benzene rings is 2. The van der Waals surface area contributed by atoms with Crippen LogP contribution >= 0.6 is 0 Å². The lowest BCUT2D eigenvalue weighted by Crippen LogP contribution is -2.10. The molecule has 2 aromatic heterocycles. The van der Waals surface area contributed by atoms with Crippen molar-refractivity contribution < 1.29 is 32.3 Å². The average Bonchev–Trinajstić information content (AvgIpc) is 3.39. The van der Waals surface area contributed by atoms with Gasteiger partial charge in [-0.25, -0.2) is 4.79 Å². The van der Waals surface area contributed by atoms with E-state index in [1.165, 1.54) is 12.1 Å². The molecule has 2 heterocycles. The summed E-state index contributed by atoms with van der Waals surface area (Å²) in [7, 11) is 0. The van der Waals surface area contributed by atoms with Crippen LogP contribution in [0.15, 0.2) is 47.0 Å². The molecule has 0 fully saturated rings. The first-order valence-corrected chi connectivity index (χ1v) is 11.0. The van der Waals surface area contributed by atoms with Crippen LogP contribution in [-0.2, 0) is 23.8 Å². The standard InChI is InChI=1S/C25H24F3N3O4/c1-14(2)31-18(11-21(29-31)16-4-6-17(7-5-16)25(26,27)28)8-9-20-19-10-15(3)22(34-13-24(32)33)12-23(19)35-30-20/h4-7,10-12,14H,8-9,13H2,1-3H3,(H,32,33). The van der Waals surface area contributed by atoms with Gasteiger partial charge in [0.05, 0.1) is 17.0 Å². The molecule has 1 N–H and O–H groups in total. The first-order chi connectivity index (χ1) is 16.5. The highest BCUT2D eigenvalue weighted by Crippen LogP contribution is 2.32. The second-order valence-corrected chi connectivity index (χ2v) is 8.56. The molecule has 0 aliphatic heterocycles. The minimum absolute atomic E-state index is 0.0541. The fourth-order valence-electron chi connectivity index (χ4n) is 3.88. The summed E-state index contributed by atoms with van der Waals surface area (Å²) in [5.74, 6) is -0.651. The Morgan fingerprint density at radius 1 is 1.14 bits per heavy atom. The monoisotopic (exact) mass is 487 g/mol. The van der Waals surface area contributed by atoms with E-state index in [4.69, 9.17) is 14.4 Å². The van der Waals surface area contributed by atoms with Crippen molar-refractivity contribution >= 4 is 16.9 Å². The van der Waals surface area contributed by atoms with Crippen molar-refractivity contribution in [3.05, 3.63) is 65.0 Å². The molecule has 0 saturated carbocycles. The third-order valence-corrected chi connectivity index (χ3v) is 5.62. The fraction of sp³-hybridized carbons (Fsp3) is 0.320. The molecule has 0 aliphatic carbocycles. The highest BCUT2D eigenvalue weighted by atomic mass is 19.4. The zero-order valence-corrected chi connectivity index (χ0v) is 19.4. The van der Waals surface area contributed by atoms with Gasteiger partial charge in [0.15, 0.2) is 12.2 Å². The predicted octanol–water partition coefficient (Wildman–Crippen LogP) is 5.85. The van der Waals surface area contributed by atoms with Gasteiger partial charge in [-0.2, -0.15) is 18.3 Å². The van der Waals surface area contributed by atoms with Crippen LogP contribution in [-0.4, -0.2) is 32.6 Å². The predicted molar refractivity (Wildman–Crippen MR) is 122 cm³/mol. The number of aryl methyl sites for hydroxylation is 3. The first kappa shape index (κ1) is 24.3. The molecule has 0 spiro atoms. The van der Waals surface area contributed by atoms with E-state index >= 15 is 0 Å². The third-order valence-electron chi connectivity index (χ3n) is 5.62. The summed E-state index contributed by atoms with van der Waals surface area (Å²) < 4.78 is 51.3. The lowest BCUT2D eigenvalue weighted by atomic mass is 10.1. The van der Waals surface area contributed by atoms with Crippen LogP contribution in [0.1, 0.15) is 42.4 Å². The van der Waals surface area contributed by atoms with Crippen LogP contribution in [0.4, 0.5) is 13.2 Å². The number of fused-ring (bicyclic) bond motifs is 1. The maximum atomic E-state index is 12.9. The molecule has 0 unspecified atom stereocenters. The molecular weight excluding hydrogens is 463 g/mol. The van der Waals surface area contributed by atoms with Gasteiger partial charge in [-0.1, -0.05) is 17.3 Å². The van der Waals surface area contributed by atoms with Crippen molar-refractivity contribution in [1.82, 2.24) is 14.9 Å². The zero-order chi connectivity index (χ0) is 25.3. The molecule has 0 bridgehead atoms. The Morgan fingerprint density at radius 2 is 1.86 bits per heavy atom. The SMILES string of the molecule is Cc1cc2c(CCc3cc(-c4ccc(C(F)(F)F)cc4)nn3C(C)C)noc2cc1OCC(=O)O. The lowest BCUT2D eigenvalue weighted by molar-refractivity contribution is -0.139. The van der Waals surface area contributed by atoms with Gasteiger partial charge in [-0.05, 0) is 63.4 Å². The number of halogens is 3. The number of carboxylic acid groups (broad SMARTS) is 1. The van der Waals surface area contributed by atoms with E-state index in [0.717, 1.165) is 34.5 Å². The quantitative estimate of drug-likeness (QED) is 0.335. The van der Waals surface area contributed by atoms with E-state index in [0.29, 0.717) is 35.4 Å². The number of aromatic nitrogens is 3. The Balaban J connectivity index is 1.56. The van der Waals surface area contributed by atoms with Crippen molar-refractivity contribution in [2.75, 3.05) is 6.61 Å². The molecule has 0 amide bonds. The van der Waals surface area contributed by atoms with Gasteiger partial charge in [0, 0.05) is 28.8 Å². The second kappa shape index (κ2) is 9.44. The van der Waals surface area contributed by atoms with Gasteiger partial charge in [0.1, 0.15) is 5.75 Å². The van der Waals surface area contributed by atoms with Gasteiger partial charge >= 0.3 is 12.1 Å². The highest BCUT2D eigenvalue weighted by Gasteiger charge is 2.30. The Hall–Kier alpha value is -3.82. The summed E-state index contributed by atoms with van der Waals surface area (Å²) in [6.45, 7) is 5.34. The minimum atomic E-state index is -4.39. The van der Waals surface area contributed by atoms with Gasteiger partial charge < -0.3 is 14.4 Å². The maximum absolute atomic E-state index is 12.9. The molecule has 35 heavy (non-hydrogen) atoms. The summed E-state index contributed by atoms with van der Waals surface area (Å²) in [4.78, 5) is 10.8. The summed E-state index contributed by atoms with van der Waals surface area (Å²) >= 11 is 0. The highest BCUT2D eigenvalue weighted by molar-refractivity contribution is 5.82. The van der Waals surface area contributed by atoms with E-state index in [2.05, 4.69) is 10.3 Å². The average molecular weight is 487 g/mol. The van der Waals surface area contributed by atoms with Crippen molar-refractivity contribution in [2.45, 2.75) is 45.8 Å². The summed E-state index contributed by atoms with van der Waals surface area (Å²) in [5, 5.41) is 18.4. The number of carbonyl (C=O) groups is 1. The largest absolute Gasteiger partial charge is 0.481 e. The molecule has 0 radical (unpaired) electrons. The Morgan fingerprint density at radius 3 is 2.49 bits per heavy atom. The van der Waals surface area contributed by atoms with Crippen LogP contribution in [0.5, 0.6) is 5.75 Å². The number of alkyl halides is 3. The summed E-state index contributed by atoms with van der Waals surface area (Å²) in [6, 6.07) is 10.4. The van der Waals surface area contributed by atoms with Crippen LogP contribution in [0, 0.1) is 6.92 Å². The number of hydrogen-bond acceptors (Lipinski definition) is 5. The molecule has 2 aromatic carbocycles. The van der Waals surface area contributed by atoms with Crippen LogP contribution in [0.2, 0.25) is 0 Å². The fourth-order valence-corrected chi connectivity index (χ4v) is 3.88. The van der Waals surface area contributed by atoms with E-state index < -0.39 is 24.3 Å². The molecule has 4 rings (SSSR count). The number of rotatable bonds is 8. The normalized spacial score (nSPS) is 12.0. The van der Waals surface area contributed by atoms with Crippen LogP contribution in [0.3, 0.4) is 0 Å². The smallest absolute Gasteiger partial charge is 0.416 e. The first-order valence-electron chi connectivity index (χ1n) is 11.0. The number of hydrogen-bond donors (Lipinski definition) is 1. The zero-order valence-electron chi connectivity index (χ0n) is 19.4. The summed E-state index contributed by atoms with van der Waals surface area (Å²) in [5.41, 5.74) is 3.42. The second-order valence-electron chi connectivity index (χ2n) is 8.56. The number of nitrogens with zero attached hydrogens (tertiary/aromatic N) is 3. The Bertz CT molecular complexity index is 1360. The number of ether oxygens (including phenoxy) is 1. The topological polar surface area (TPSA) is 90.4 Å². The molecule has 184 valence electrons. The van der Waals surface area contributed by atoms with Crippen LogP contribution in [0.25, 0.3) is 22.2 Å². The van der Waals surface area contributed by atoms with E-state index in [9.17, 15) is 18.0 Å². The molecular formula is C25H24F3N3O4. The van der Waals surface area contributed by atoms with Gasteiger partial charge in [0.25, 0.3) is 0 Å². The van der Waals surface area contributed by atoms with Crippen molar-refractivity contribution in [1.29, 1.82) is 0 Å². The van der Waals surface area contributed by atoms with E-state index in [1.54, 1.807) is 6.07 Å². The lowest BCUT2D eigenvalue weighted by Gasteiger charge is -2.10. The van der Waals surface area contributed by atoms with Crippen molar-refractivity contribution in [3.8, 4) is 17.0 Å². The molecule has 10 heteroatoms. The Labute approximate surface area is 199 Å². The minimum Gasteiger partial charge on any atom is -0.481 e. The molecule has 0 atom stereocenters. The summed E-state index contributed by atoms with van der Waals surface area (Å²) in [6.07, 6.45) is -3.25. The van der Waals surface area contributed by atoms with Crippen molar-refractivity contribution in [3.63, 3.8) is 0 Å². The van der Waals surface area contributed by atoms with Crippen LogP contribution < -0.4 is 4.74 Å². The van der Waals surface area contributed by atoms with Gasteiger partial charge in [0.2, 0.25) is 0 Å². The molecule has 7 nitrogen and oxygen atoms in total. The van der Waals surface area contributed by atoms with E-state index in [-0.39, 0.29) is 6.04 Å². The third kappa shape index (κ3) is 5.31. The molecule has 0 saturated heterocycles. The molecule has 4 aromatic rings. The number of aliphatic carboxylic acids is 1. The Kier molecular flexibility index (Phi) is 6.56. The van der Waals surface area contributed by atoms with E-state index in [1.807, 2.05) is 37.6 Å². The maximum Gasteiger partial charge on any atom is 0.416 e.